The second-order valence-electron chi connectivity index (χ2n) is 13.6. The van der Waals surface area contributed by atoms with Crippen LogP contribution < -0.4 is 10.9 Å². The molecule has 11 heteroatoms. The Balaban J connectivity index is 0.00000520. The Morgan fingerprint density at radius 3 is 2.25 bits per heavy atom. The van der Waals surface area contributed by atoms with Crippen LogP contribution in [0.3, 0.4) is 0 Å². The highest BCUT2D eigenvalue weighted by atomic mass is 32.1. The summed E-state index contributed by atoms with van der Waals surface area (Å²) < 4.78 is 6.88. The molecular weight excluding hydrogens is 628 g/mol. The van der Waals surface area contributed by atoms with Crippen LogP contribution in [0.1, 0.15) is 79.4 Å². The van der Waals surface area contributed by atoms with Gasteiger partial charge in [-0.15, -0.1) is 0 Å². The van der Waals surface area contributed by atoms with Gasteiger partial charge in [0.15, 0.2) is 0 Å². The number of pyridine rings is 1. The predicted molar refractivity (Wildman–Crippen MR) is 188 cm³/mol. The summed E-state index contributed by atoms with van der Waals surface area (Å²) in [7, 11) is 3.23. The quantitative estimate of drug-likeness (QED) is 0.381. The fourth-order valence-electron chi connectivity index (χ4n) is 6.93. The zero-order valence-corrected chi connectivity index (χ0v) is 29.3. The standard InChI is InChI=1S/C37H44N4O6.H2S/c1-36(2,3)47-31(42)24-40(5)35(46)37(25-12-7-6-8-13-25)20-17-28(27-14-9-10-16-30(27)37)34(45)41-22-18-26(19-23-41)38-32(43)29-15-11-21-39(4)33(29)44;/h6-16,21,26,28H,17-20,22-24H2,1-5H3,(H,38,43);1H2/t28-,37+;/m0./s1. The summed E-state index contributed by atoms with van der Waals surface area (Å²) in [5, 5.41) is 2.97. The summed E-state index contributed by atoms with van der Waals surface area (Å²) in [6, 6.07) is 20.2. The van der Waals surface area contributed by atoms with Crippen molar-refractivity contribution in [1.29, 1.82) is 0 Å². The molecule has 3 aromatic rings. The van der Waals surface area contributed by atoms with E-state index in [0.29, 0.717) is 38.8 Å². The zero-order chi connectivity index (χ0) is 33.9. The van der Waals surface area contributed by atoms with Crippen molar-refractivity contribution >= 4 is 37.2 Å². The average molecular weight is 675 g/mol. The Bertz CT molecular complexity index is 1710. The number of hydrogen-bond donors (Lipinski definition) is 1. The lowest BCUT2D eigenvalue weighted by molar-refractivity contribution is -0.159. The number of hydrogen-bond acceptors (Lipinski definition) is 6. The lowest BCUT2D eigenvalue weighted by Gasteiger charge is -2.44. The van der Waals surface area contributed by atoms with Crippen LogP contribution in [0.15, 0.2) is 77.7 Å². The van der Waals surface area contributed by atoms with Crippen molar-refractivity contribution in [2.75, 3.05) is 26.7 Å². The highest BCUT2D eigenvalue weighted by molar-refractivity contribution is 7.59. The summed E-state index contributed by atoms with van der Waals surface area (Å²) in [6.45, 7) is 6.12. The molecule has 1 aromatic heterocycles. The van der Waals surface area contributed by atoms with Crippen LogP contribution in [0.4, 0.5) is 0 Å². The number of carbonyl (C=O) groups is 4. The fourth-order valence-corrected chi connectivity index (χ4v) is 6.93. The molecular formula is C37H46N4O6S. The number of ether oxygens (including phenoxy) is 1. The average Bonchev–Trinajstić information content (AvgIpc) is 3.04. The smallest absolute Gasteiger partial charge is 0.326 e. The molecule has 2 aromatic carbocycles. The number of piperidine rings is 1. The Kier molecular flexibility index (Phi) is 11.2. The van der Waals surface area contributed by atoms with Gasteiger partial charge in [0.05, 0.1) is 11.3 Å². The van der Waals surface area contributed by atoms with Crippen molar-refractivity contribution in [3.8, 4) is 0 Å². The molecule has 2 atom stereocenters. The summed E-state index contributed by atoms with van der Waals surface area (Å²) >= 11 is 0. The van der Waals surface area contributed by atoms with Gasteiger partial charge in [0.2, 0.25) is 11.8 Å². The Morgan fingerprint density at radius 1 is 0.938 bits per heavy atom. The van der Waals surface area contributed by atoms with E-state index in [1.165, 1.54) is 15.5 Å². The lowest BCUT2D eigenvalue weighted by Crippen LogP contribution is -2.52. The second kappa shape index (κ2) is 14.8. The van der Waals surface area contributed by atoms with Crippen LogP contribution in [0.5, 0.6) is 0 Å². The van der Waals surface area contributed by atoms with Gasteiger partial charge < -0.3 is 24.4 Å². The topological polar surface area (TPSA) is 118 Å². The van der Waals surface area contributed by atoms with Crippen molar-refractivity contribution in [2.24, 2.45) is 7.05 Å². The third-order valence-electron chi connectivity index (χ3n) is 9.18. The first-order valence-electron chi connectivity index (χ1n) is 16.2. The molecule has 48 heavy (non-hydrogen) atoms. The maximum atomic E-state index is 14.5. The SMILES string of the molecule is CN(CC(=O)OC(C)(C)C)C(=O)[C@@]1(c2ccccc2)CC[C@H](C(=O)N2CCC(NC(=O)c3cccn(C)c3=O)CC2)c2ccccc21.S. The van der Waals surface area contributed by atoms with Gasteiger partial charge in [-0.3, -0.25) is 24.0 Å². The molecule has 0 spiro atoms. The Labute approximate surface area is 288 Å². The molecule has 0 bridgehead atoms. The van der Waals surface area contributed by atoms with Crippen molar-refractivity contribution in [3.63, 3.8) is 0 Å². The van der Waals surface area contributed by atoms with Gasteiger partial charge >= 0.3 is 5.97 Å². The lowest BCUT2D eigenvalue weighted by atomic mass is 9.62. The molecule has 0 unspecified atom stereocenters. The van der Waals surface area contributed by atoms with Crippen LogP contribution >= 0.6 is 13.5 Å². The minimum absolute atomic E-state index is 0. The van der Waals surface area contributed by atoms with Crippen molar-refractivity contribution in [2.45, 2.75) is 69.4 Å². The van der Waals surface area contributed by atoms with E-state index in [4.69, 9.17) is 4.74 Å². The van der Waals surface area contributed by atoms with Gasteiger partial charge in [-0.2, -0.15) is 13.5 Å². The molecule has 5 rings (SSSR count). The van der Waals surface area contributed by atoms with Crippen LogP contribution in [0.25, 0.3) is 0 Å². The van der Waals surface area contributed by atoms with Crippen LogP contribution in [0, 0.1) is 0 Å². The largest absolute Gasteiger partial charge is 0.459 e. The number of fused-ring (bicyclic) bond motifs is 1. The molecule has 256 valence electrons. The molecule has 2 aliphatic rings. The van der Waals surface area contributed by atoms with E-state index in [-0.39, 0.29) is 49.0 Å². The van der Waals surface area contributed by atoms with E-state index < -0.39 is 28.8 Å². The van der Waals surface area contributed by atoms with Crippen LogP contribution in [0.2, 0.25) is 0 Å². The number of likely N-dealkylation sites (N-methyl/N-ethyl adjacent to an activating group) is 1. The zero-order valence-electron chi connectivity index (χ0n) is 28.3. The molecule has 3 amide bonds. The molecule has 2 heterocycles. The van der Waals surface area contributed by atoms with Crippen LogP contribution in [-0.2, 0) is 31.6 Å². The summed E-state index contributed by atoms with van der Waals surface area (Å²) in [6.07, 6.45) is 3.59. The number of nitrogens with zero attached hydrogens (tertiary/aromatic N) is 3. The molecule has 1 N–H and O–H groups in total. The number of aromatic nitrogens is 1. The van der Waals surface area contributed by atoms with Gasteiger partial charge in [0, 0.05) is 39.4 Å². The Hall–Kier alpha value is -4.38. The van der Waals surface area contributed by atoms with E-state index >= 15 is 0 Å². The third kappa shape index (κ3) is 7.51. The van der Waals surface area contributed by atoms with Crippen molar-refractivity contribution < 1.29 is 23.9 Å². The Morgan fingerprint density at radius 2 is 1.58 bits per heavy atom. The summed E-state index contributed by atoms with van der Waals surface area (Å²) in [5.41, 5.74) is 0.366. The summed E-state index contributed by atoms with van der Waals surface area (Å²) in [4.78, 5) is 69.8. The number of carbonyl (C=O) groups excluding carboxylic acids is 4. The minimum Gasteiger partial charge on any atom is -0.459 e. The van der Waals surface area contributed by atoms with Gasteiger partial charge in [-0.1, -0.05) is 54.6 Å². The van der Waals surface area contributed by atoms with Gasteiger partial charge in [-0.25, -0.2) is 0 Å². The fraction of sp³-hybridized carbons (Fsp3) is 0.432. The number of amides is 3. The van der Waals surface area contributed by atoms with Crippen molar-refractivity contribution in [1.82, 2.24) is 19.7 Å². The monoisotopic (exact) mass is 674 g/mol. The normalized spacial score (nSPS) is 19.4. The maximum Gasteiger partial charge on any atom is 0.326 e. The number of likely N-dealkylation sites (tertiary alicyclic amines) is 1. The molecule has 10 nitrogen and oxygen atoms in total. The number of rotatable bonds is 7. The van der Waals surface area contributed by atoms with E-state index in [1.807, 2.05) is 59.5 Å². The number of benzene rings is 2. The molecule has 1 aliphatic carbocycles. The van der Waals surface area contributed by atoms with E-state index in [0.717, 1.165) is 16.7 Å². The summed E-state index contributed by atoms with van der Waals surface area (Å²) in [5.74, 6) is -1.56. The van der Waals surface area contributed by atoms with E-state index in [9.17, 15) is 24.0 Å². The second-order valence-corrected chi connectivity index (χ2v) is 13.6. The molecule has 0 radical (unpaired) electrons. The number of nitrogens with one attached hydrogen (secondary N) is 1. The van der Waals surface area contributed by atoms with Gasteiger partial charge in [0.25, 0.3) is 11.5 Å². The predicted octanol–water partition coefficient (Wildman–Crippen LogP) is 3.88. The molecule has 1 aliphatic heterocycles. The highest BCUT2D eigenvalue weighted by Crippen LogP contribution is 2.48. The van der Waals surface area contributed by atoms with Crippen molar-refractivity contribution in [3.05, 3.63) is 106 Å². The van der Waals surface area contributed by atoms with E-state index in [1.54, 1.807) is 47.1 Å². The first kappa shape index (κ1) is 36.5. The molecule has 1 saturated heterocycles. The molecule has 1 fully saturated rings. The van der Waals surface area contributed by atoms with Gasteiger partial charge in [-0.05, 0) is 75.3 Å². The third-order valence-corrected chi connectivity index (χ3v) is 9.18. The van der Waals surface area contributed by atoms with E-state index in [2.05, 4.69) is 5.32 Å². The first-order valence-corrected chi connectivity index (χ1v) is 16.2. The first-order chi connectivity index (χ1) is 22.3. The molecule has 0 saturated carbocycles. The number of esters is 1. The maximum absolute atomic E-state index is 14.5. The highest BCUT2D eigenvalue weighted by Gasteiger charge is 2.50. The number of aryl methyl sites for hydroxylation is 1. The van der Waals surface area contributed by atoms with Gasteiger partial charge in [0.1, 0.15) is 17.7 Å². The van der Waals surface area contributed by atoms with Crippen LogP contribution in [-0.4, -0.2) is 76.4 Å². The minimum atomic E-state index is -1.09.